The molecule has 1 unspecified atom stereocenters. The van der Waals surface area contributed by atoms with Crippen molar-refractivity contribution in [3.05, 3.63) is 35.6 Å². The molecule has 1 aromatic carbocycles. The van der Waals surface area contributed by atoms with Gasteiger partial charge in [-0.3, -0.25) is 0 Å². The summed E-state index contributed by atoms with van der Waals surface area (Å²) in [6.07, 6.45) is -6.20. The van der Waals surface area contributed by atoms with E-state index in [-0.39, 0.29) is 12.1 Å². The molecule has 1 rings (SSSR count). The molecule has 0 saturated carbocycles. The smallest absolute Gasteiger partial charge is 0.372 e. The second kappa shape index (κ2) is 5.97. The van der Waals surface area contributed by atoms with Gasteiger partial charge in [0.05, 0.1) is 19.1 Å². The number of halogens is 4. The van der Waals surface area contributed by atoms with E-state index in [4.69, 9.17) is 10.5 Å². The molecule has 2 N–H and O–H groups in total. The van der Waals surface area contributed by atoms with Crippen LogP contribution in [0.2, 0.25) is 0 Å². The largest absolute Gasteiger partial charge is 0.391 e. The summed E-state index contributed by atoms with van der Waals surface area (Å²) in [4.78, 5) is 0. The number of nitrogens with two attached hydrogens (primary N) is 1. The molecule has 0 fully saturated rings. The van der Waals surface area contributed by atoms with Crippen LogP contribution in [0.3, 0.4) is 0 Å². The Kier molecular flexibility index (Phi) is 4.89. The molecule has 0 bridgehead atoms. The van der Waals surface area contributed by atoms with Crippen molar-refractivity contribution >= 4 is 0 Å². The van der Waals surface area contributed by atoms with E-state index < -0.39 is 31.1 Å². The van der Waals surface area contributed by atoms with Crippen LogP contribution < -0.4 is 5.73 Å². The van der Waals surface area contributed by atoms with Gasteiger partial charge in [0.2, 0.25) is 0 Å². The molecule has 6 heteroatoms. The van der Waals surface area contributed by atoms with Gasteiger partial charge >= 0.3 is 6.18 Å². The molecular weight excluding hydrogens is 238 g/mol. The molecule has 0 aliphatic rings. The topological polar surface area (TPSA) is 35.2 Å². The van der Waals surface area contributed by atoms with Crippen molar-refractivity contribution in [2.24, 2.45) is 5.73 Å². The van der Waals surface area contributed by atoms with E-state index in [1.165, 1.54) is 18.2 Å². The van der Waals surface area contributed by atoms with Crippen molar-refractivity contribution in [3.8, 4) is 0 Å². The highest BCUT2D eigenvalue weighted by atomic mass is 19.4. The van der Waals surface area contributed by atoms with Gasteiger partial charge in [0.1, 0.15) is 5.82 Å². The standard InChI is InChI=1S/C11H13F4NO/c12-9-4-2-1-3-8(9)10(7-16)17-6-5-11(13,14)15/h1-4,10H,5-7,16H2. The summed E-state index contributed by atoms with van der Waals surface area (Å²) in [6, 6.07) is 5.72. The van der Waals surface area contributed by atoms with Gasteiger partial charge in [-0.15, -0.1) is 0 Å². The van der Waals surface area contributed by atoms with Crippen molar-refractivity contribution in [1.29, 1.82) is 0 Å². The first-order chi connectivity index (χ1) is 7.94. The Morgan fingerprint density at radius 3 is 2.41 bits per heavy atom. The Balaban J connectivity index is 2.58. The molecule has 0 aliphatic heterocycles. The van der Waals surface area contributed by atoms with Crippen LogP contribution >= 0.6 is 0 Å². The molecule has 0 aliphatic carbocycles. The zero-order chi connectivity index (χ0) is 12.9. The summed E-state index contributed by atoms with van der Waals surface area (Å²) in [5.41, 5.74) is 5.53. The summed E-state index contributed by atoms with van der Waals surface area (Å²) in [5, 5.41) is 0. The van der Waals surface area contributed by atoms with Gasteiger partial charge in [0.25, 0.3) is 0 Å². The summed E-state index contributed by atoms with van der Waals surface area (Å²) in [7, 11) is 0. The molecule has 1 atom stereocenters. The quantitative estimate of drug-likeness (QED) is 0.817. The van der Waals surface area contributed by atoms with E-state index in [0.29, 0.717) is 0 Å². The molecule has 17 heavy (non-hydrogen) atoms. The number of benzene rings is 1. The molecule has 1 aromatic rings. The lowest BCUT2D eigenvalue weighted by molar-refractivity contribution is -0.149. The lowest BCUT2D eigenvalue weighted by Crippen LogP contribution is -2.20. The van der Waals surface area contributed by atoms with Crippen LogP contribution in [-0.2, 0) is 4.74 Å². The monoisotopic (exact) mass is 251 g/mol. The Morgan fingerprint density at radius 2 is 1.88 bits per heavy atom. The summed E-state index contributed by atoms with van der Waals surface area (Å²) in [6.45, 7) is -0.599. The summed E-state index contributed by atoms with van der Waals surface area (Å²) >= 11 is 0. The van der Waals surface area contributed by atoms with Gasteiger partial charge in [0, 0.05) is 12.1 Å². The van der Waals surface area contributed by atoms with Crippen LogP contribution in [0, 0.1) is 5.82 Å². The Bertz CT molecular complexity index is 354. The molecule has 0 spiro atoms. The summed E-state index contributed by atoms with van der Waals surface area (Å²) in [5.74, 6) is -0.532. The van der Waals surface area contributed by atoms with Gasteiger partial charge in [0.15, 0.2) is 0 Å². The van der Waals surface area contributed by atoms with Crippen molar-refractivity contribution in [2.75, 3.05) is 13.2 Å². The number of hydrogen-bond donors (Lipinski definition) is 1. The Hall–Kier alpha value is -1.14. The fourth-order valence-corrected chi connectivity index (χ4v) is 1.34. The molecule has 0 amide bonds. The van der Waals surface area contributed by atoms with E-state index in [9.17, 15) is 17.6 Å². The van der Waals surface area contributed by atoms with Crippen LogP contribution in [0.15, 0.2) is 24.3 Å². The number of hydrogen-bond acceptors (Lipinski definition) is 2. The van der Waals surface area contributed by atoms with E-state index in [1.54, 1.807) is 6.07 Å². The lowest BCUT2D eigenvalue weighted by atomic mass is 10.1. The first-order valence-electron chi connectivity index (χ1n) is 5.07. The van der Waals surface area contributed by atoms with Gasteiger partial charge < -0.3 is 10.5 Å². The van der Waals surface area contributed by atoms with Crippen molar-refractivity contribution in [1.82, 2.24) is 0 Å². The third-order valence-electron chi connectivity index (χ3n) is 2.17. The lowest BCUT2D eigenvalue weighted by Gasteiger charge is -2.17. The Labute approximate surface area is 96.4 Å². The average molecular weight is 251 g/mol. The average Bonchev–Trinajstić information content (AvgIpc) is 2.24. The van der Waals surface area contributed by atoms with E-state index in [0.717, 1.165) is 0 Å². The highest BCUT2D eigenvalue weighted by Crippen LogP contribution is 2.23. The fraction of sp³-hybridized carbons (Fsp3) is 0.455. The van der Waals surface area contributed by atoms with Crippen molar-refractivity contribution in [3.63, 3.8) is 0 Å². The highest BCUT2D eigenvalue weighted by Gasteiger charge is 2.27. The zero-order valence-electron chi connectivity index (χ0n) is 9.01. The predicted molar refractivity (Wildman–Crippen MR) is 54.8 cm³/mol. The van der Waals surface area contributed by atoms with Crippen LogP contribution in [0.1, 0.15) is 18.1 Å². The molecular formula is C11H13F4NO. The van der Waals surface area contributed by atoms with E-state index in [1.807, 2.05) is 0 Å². The van der Waals surface area contributed by atoms with Gasteiger partial charge in [-0.25, -0.2) is 4.39 Å². The normalized spacial score (nSPS) is 13.7. The minimum Gasteiger partial charge on any atom is -0.372 e. The van der Waals surface area contributed by atoms with E-state index >= 15 is 0 Å². The van der Waals surface area contributed by atoms with Crippen LogP contribution in [0.25, 0.3) is 0 Å². The number of rotatable bonds is 5. The van der Waals surface area contributed by atoms with Gasteiger partial charge in [-0.2, -0.15) is 13.2 Å². The minimum atomic E-state index is -4.28. The molecule has 0 heterocycles. The van der Waals surface area contributed by atoms with Gasteiger partial charge in [-0.05, 0) is 6.07 Å². The van der Waals surface area contributed by atoms with E-state index in [2.05, 4.69) is 0 Å². The zero-order valence-corrected chi connectivity index (χ0v) is 9.01. The van der Waals surface area contributed by atoms with Gasteiger partial charge in [-0.1, -0.05) is 18.2 Å². The highest BCUT2D eigenvalue weighted by molar-refractivity contribution is 5.20. The second-order valence-corrected chi connectivity index (χ2v) is 3.48. The molecule has 96 valence electrons. The predicted octanol–water partition coefficient (Wildman–Crippen LogP) is 2.79. The maximum absolute atomic E-state index is 13.3. The van der Waals surface area contributed by atoms with Crippen LogP contribution in [-0.4, -0.2) is 19.3 Å². The molecule has 2 nitrogen and oxygen atoms in total. The first kappa shape index (κ1) is 13.9. The first-order valence-corrected chi connectivity index (χ1v) is 5.07. The maximum atomic E-state index is 13.3. The maximum Gasteiger partial charge on any atom is 0.391 e. The van der Waals surface area contributed by atoms with Crippen LogP contribution in [0.4, 0.5) is 17.6 Å². The second-order valence-electron chi connectivity index (χ2n) is 3.48. The Morgan fingerprint density at radius 1 is 1.24 bits per heavy atom. The van der Waals surface area contributed by atoms with Crippen LogP contribution in [0.5, 0.6) is 0 Å². The molecule has 0 saturated heterocycles. The van der Waals surface area contributed by atoms with Crippen molar-refractivity contribution in [2.45, 2.75) is 18.7 Å². The summed E-state index contributed by atoms with van der Waals surface area (Å²) < 4.78 is 54.0. The fourth-order valence-electron chi connectivity index (χ4n) is 1.34. The molecule has 0 radical (unpaired) electrons. The SMILES string of the molecule is NCC(OCCC(F)(F)F)c1ccccc1F. The molecule has 0 aromatic heterocycles. The third kappa shape index (κ3) is 4.70. The number of alkyl halides is 3. The minimum absolute atomic E-state index is 0.0706. The number of ether oxygens (including phenoxy) is 1. The third-order valence-corrected chi connectivity index (χ3v) is 2.17. The van der Waals surface area contributed by atoms with Crippen molar-refractivity contribution < 1.29 is 22.3 Å².